The van der Waals surface area contributed by atoms with Gasteiger partial charge in [0, 0.05) is 38.4 Å². The molecule has 2 N–H and O–H groups in total. The van der Waals surface area contributed by atoms with E-state index in [1.54, 1.807) is 0 Å². The van der Waals surface area contributed by atoms with Gasteiger partial charge in [-0.3, -0.25) is 4.79 Å². The third kappa shape index (κ3) is 6.07. The van der Waals surface area contributed by atoms with Crippen LogP contribution in [0.25, 0.3) is 0 Å². The Hall–Kier alpha value is -2.87. The first-order valence-electron chi connectivity index (χ1n) is 9.64. The molecule has 3 rings (SSSR count). The third-order valence-electron chi connectivity index (χ3n) is 4.70. The Kier molecular flexibility index (Phi) is 7.33. The summed E-state index contributed by atoms with van der Waals surface area (Å²) in [6.07, 6.45) is 0. The molecule has 0 bridgehead atoms. The van der Waals surface area contributed by atoms with Crippen LogP contribution in [0.5, 0.6) is 0 Å². The van der Waals surface area contributed by atoms with Gasteiger partial charge in [-0.05, 0) is 41.5 Å². The summed E-state index contributed by atoms with van der Waals surface area (Å²) in [6.45, 7) is 0.447. The molecule has 0 spiro atoms. The Morgan fingerprint density at radius 1 is 0.903 bits per heavy atom. The van der Waals surface area contributed by atoms with E-state index in [4.69, 9.17) is 11.6 Å². The van der Waals surface area contributed by atoms with Crippen molar-refractivity contribution in [1.29, 1.82) is 0 Å². The lowest BCUT2D eigenvalue weighted by Crippen LogP contribution is -2.25. The van der Waals surface area contributed by atoms with Crippen LogP contribution in [0, 0.1) is 0 Å². The molecule has 0 heterocycles. The van der Waals surface area contributed by atoms with E-state index in [9.17, 15) is 13.2 Å². The molecule has 0 aliphatic heterocycles. The molecule has 0 aromatic heterocycles. The maximum absolute atomic E-state index is 12.7. The minimum atomic E-state index is -3.89. The van der Waals surface area contributed by atoms with Gasteiger partial charge in [-0.25, -0.2) is 13.1 Å². The van der Waals surface area contributed by atoms with E-state index in [0.29, 0.717) is 6.54 Å². The number of amides is 1. The summed E-state index contributed by atoms with van der Waals surface area (Å²) < 4.78 is 28.0. The van der Waals surface area contributed by atoms with Crippen molar-refractivity contribution in [2.45, 2.75) is 18.0 Å². The molecule has 0 atom stereocenters. The number of nitrogens with zero attached hydrogens (tertiary/aromatic N) is 1. The second-order valence-electron chi connectivity index (χ2n) is 7.20. The zero-order valence-electron chi connectivity index (χ0n) is 17.3. The van der Waals surface area contributed by atoms with Gasteiger partial charge in [0.1, 0.15) is 4.90 Å². The summed E-state index contributed by atoms with van der Waals surface area (Å²) in [6, 6.07) is 21.2. The van der Waals surface area contributed by atoms with Gasteiger partial charge < -0.3 is 10.2 Å². The smallest absolute Gasteiger partial charge is 0.251 e. The topological polar surface area (TPSA) is 78.5 Å². The van der Waals surface area contributed by atoms with Crippen molar-refractivity contribution >= 4 is 33.2 Å². The van der Waals surface area contributed by atoms with Crippen molar-refractivity contribution in [1.82, 2.24) is 10.0 Å². The molecule has 0 saturated heterocycles. The molecule has 6 nitrogen and oxygen atoms in total. The number of sulfonamides is 1. The number of rotatable bonds is 8. The Morgan fingerprint density at radius 2 is 1.55 bits per heavy atom. The Morgan fingerprint density at radius 3 is 2.19 bits per heavy atom. The van der Waals surface area contributed by atoms with Crippen LogP contribution in [0.2, 0.25) is 5.02 Å². The van der Waals surface area contributed by atoms with Crippen LogP contribution in [-0.2, 0) is 23.1 Å². The first-order valence-corrected chi connectivity index (χ1v) is 11.5. The normalized spacial score (nSPS) is 11.2. The molecule has 0 unspecified atom stereocenters. The highest BCUT2D eigenvalue weighted by Gasteiger charge is 2.20. The predicted molar refractivity (Wildman–Crippen MR) is 124 cm³/mol. The number of carbonyl (C=O) groups excluding carboxylic acids is 1. The molecule has 8 heteroatoms. The second-order valence-corrected chi connectivity index (χ2v) is 9.34. The fraction of sp³-hybridized carbons (Fsp3) is 0.174. The summed E-state index contributed by atoms with van der Waals surface area (Å²) in [5, 5.41) is 2.86. The van der Waals surface area contributed by atoms with Gasteiger partial charge in [0.2, 0.25) is 10.0 Å². The molecule has 0 aliphatic rings. The molecular formula is C23H24ClN3O3S. The first kappa shape index (κ1) is 22.8. The summed E-state index contributed by atoms with van der Waals surface area (Å²) >= 11 is 6.13. The van der Waals surface area contributed by atoms with Gasteiger partial charge in [-0.1, -0.05) is 54.1 Å². The molecule has 0 fully saturated rings. The number of halogens is 1. The molecule has 3 aromatic rings. The zero-order chi connectivity index (χ0) is 22.4. The fourth-order valence-corrected chi connectivity index (χ4v) is 4.44. The Balaban J connectivity index is 1.69. The second kappa shape index (κ2) is 9.96. The largest absolute Gasteiger partial charge is 0.378 e. The minimum Gasteiger partial charge on any atom is -0.378 e. The van der Waals surface area contributed by atoms with Crippen LogP contribution in [0.4, 0.5) is 5.69 Å². The Labute approximate surface area is 187 Å². The van der Waals surface area contributed by atoms with E-state index in [1.165, 1.54) is 18.2 Å². The first-order chi connectivity index (χ1) is 14.8. The highest BCUT2D eigenvalue weighted by Crippen LogP contribution is 2.23. The molecule has 162 valence electrons. The number of carbonyl (C=O) groups is 1. The maximum Gasteiger partial charge on any atom is 0.251 e. The van der Waals surface area contributed by atoms with Crippen molar-refractivity contribution in [3.05, 3.63) is 94.5 Å². The maximum atomic E-state index is 12.7. The number of anilines is 1. The Bertz CT molecular complexity index is 1150. The summed E-state index contributed by atoms with van der Waals surface area (Å²) in [5.41, 5.74) is 3.03. The van der Waals surface area contributed by atoms with Crippen molar-refractivity contribution in [2.75, 3.05) is 19.0 Å². The van der Waals surface area contributed by atoms with Crippen LogP contribution in [0.1, 0.15) is 21.5 Å². The molecule has 1 amide bonds. The van der Waals surface area contributed by atoms with E-state index in [1.807, 2.05) is 73.6 Å². The van der Waals surface area contributed by atoms with Crippen LogP contribution < -0.4 is 14.9 Å². The molecular weight excluding hydrogens is 434 g/mol. The van der Waals surface area contributed by atoms with Crippen molar-refractivity contribution in [2.24, 2.45) is 0 Å². The van der Waals surface area contributed by atoms with E-state index in [0.717, 1.165) is 16.8 Å². The molecule has 31 heavy (non-hydrogen) atoms. The lowest BCUT2D eigenvalue weighted by atomic mass is 10.1. The third-order valence-corrected chi connectivity index (χ3v) is 6.58. The van der Waals surface area contributed by atoms with Crippen molar-refractivity contribution in [3.63, 3.8) is 0 Å². The van der Waals surface area contributed by atoms with Crippen molar-refractivity contribution in [3.8, 4) is 0 Å². The summed E-state index contributed by atoms with van der Waals surface area (Å²) in [7, 11) is 0.0202. The highest BCUT2D eigenvalue weighted by atomic mass is 35.5. The zero-order valence-corrected chi connectivity index (χ0v) is 18.9. The standard InChI is InChI=1S/C23H24ClN3O3S/c1-27(2)20-11-8-18(9-12-20)15-25-23(28)19-10-13-21(24)22(14-19)31(29,30)26-16-17-6-4-3-5-7-17/h3-14,26H,15-16H2,1-2H3,(H,25,28). The monoisotopic (exact) mass is 457 g/mol. The average molecular weight is 458 g/mol. The minimum absolute atomic E-state index is 0.0522. The average Bonchev–Trinajstić information content (AvgIpc) is 2.77. The van der Waals surface area contributed by atoms with Gasteiger partial charge in [-0.2, -0.15) is 0 Å². The lowest BCUT2D eigenvalue weighted by molar-refractivity contribution is 0.0950. The molecule has 0 radical (unpaired) electrons. The van der Waals surface area contributed by atoms with Gasteiger partial charge >= 0.3 is 0 Å². The SMILES string of the molecule is CN(C)c1ccc(CNC(=O)c2ccc(Cl)c(S(=O)(=O)NCc3ccccc3)c2)cc1. The number of hydrogen-bond acceptors (Lipinski definition) is 4. The molecule has 3 aromatic carbocycles. The van der Waals surface area contributed by atoms with Gasteiger partial charge in [0.05, 0.1) is 5.02 Å². The fourth-order valence-electron chi connectivity index (χ4n) is 2.90. The van der Waals surface area contributed by atoms with Gasteiger partial charge in [-0.15, -0.1) is 0 Å². The van der Waals surface area contributed by atoms with Gasteiger partial charge in [0.15, 0.2) is 0 Å². The van der Waals surface area contributed by atoms with Crippen LogP contribution in [-0.4, -0.2) is 28.4 Å². The summed E-state index contributed by atoms with van der Waals surface area (Å²) in [5.74, 6) is -0.382. The number of nitrogens with one attached hydrogen (secondary N) is 2. The van der Waals surface area contributed by atoms with Crippen LogP contribution >= 0.6 is 11.6 Å². The van der Waals surface area contributed by atoms with Crippen LogP contribution in [0.3, 0.4) is 0 Å². The highest BCUT2D eigenvalue weighted by molar-refractivity contribution is 7.89. The predicted octanol–water partition coefficient (Wildman–Crippen LogP) is 3.81. The van der Waals surface area contributed by atoms with Crippen LogP contribution in [0.15, 0.2) is 77.7 Å². The van der Waals surface area contributed by atoms with E-state index < -0.39 is 10.0 Å². The van der Waals surface area contributed by atoms with Gasteiger partial charge in [0.25, 0.3) is 5.91 Å². The van der Waals surface area contributed by atoms with E-state index in [-0.39, 0.29) is 27.9 Å². The van der Waals surface area contributed by atoms with E-state index in [2.05, 4.69) is 10.0 Å². The van der Waals surface area contributed by atoms with E-state index >= 15 is 0 Å². The lowest BCUT2D eigenvalue weighted by Gasteiger charge is -2.13. The number of hydrogen-bond donors (Lipinski definition) is 2. The quantitative estimate of drug-likeness (QED) is 0.539. The molecule has 0 saturated carbocycles. The summed E-state index contributed by atoms with van der Waals surface area (Å²) in [4.78, 5) is 14.4. The molecule has 0 aliphatic carbocycles. The van der Waals surface area contributed by atoms with Crippen molar-refractivity contribution < 1.29 is 13.2 Å². The number of benzene rings is 3.